The van der Waals surface area contributed by atoms with Crippen molar-refractivity contribution >= 4 is 37.9 Å². The number of halogens is 1. The molecular formula is C19H19BrN2O3S. The van der Waals surface area contributed by atoms with Crippen LogP contribution in [0.2, 0.25) is 0 Å². The first-order valence-corrected chi connectivity index (χ1v) is 10.5. The van der Waals surface area contributed by atoms with Crippen LogP contribution in [-0.4, -0.2) is 49.7 Å². The maximum atomic E-state index is 12.7. The Hall–Kier alpha value is -1.96. The summed E-state index contributed by atoms with van der Waals surface area (Å²) >= 11 is 3.30. The van der Waals surface area contributed by atoms with Crippen LogP contribution < -0.4 is 0 Å². The third-order valence-corrected chi connectivity index (χ3v) is 6.59. The molecule has 5 nitrogen and oxygen atoms in total. The lowest BCUT2D eigenvalue weighted by atomic mass is 10.2. The van der Waals surface area contributed by atoms with Gasteiger partial charge in [-0.1, -0.05) is 52.3 Å². The lowest BCUT2D eigenvalue weighted by Gasteiger charge is -2.33. The number of piperazine rings is 1. The van der Waals surface area contributed by atoms with Gasteiger partial charge in [-0.15, -0.1) is 0 Å². The van der Waals surface area contributed by atoms with Gasteiger partial charge in [0.05, 0.1) is 4.90 Å². The summed E-state index contributed by atoms with van der Waals surface area (Å²) in [7, 11) is -3.54. The van der Waals surface area contributed by atoms with Crippen molar-refractivity contribution in [3.05, 3.63) is 70.7 Å². The van der Waals surface area contributed by atoms with E-state index in [1.54, 1.807) is 35.2 Å². The van der Waals surface area contributed by atoms with E-state index in [2.05, 4.69) is 15.9 Å². The summed E-state index contributed by atoms with van der Waals surface area (Å²) in [6.45, 7) is 1.34. The van der Waals surface area contributed by atoms with E-state index in [4.69, 9.17) is 0 Å². The first-order chi connectivity index (χ1) is 12.5. The molecule has 0 atom stereocenters. The minimum Gasteiger partial charge on any atom is -0.337 e. The Morgan fingerprint density at radius 1 is 0.962 bits per heavy atom. The maximum absolute atomic E-state index is 12.7. The summed E-state index contributed by atoms with van der Waals surface area (Å²) in [5.74, 6) is -0.103. The van der Waals surface area contributed by atoms with Gasteiger partial charge in [-0.3, -0.25) is 4.79 Å². The molecule has 0 aliphatic carbocycles. The van der Waals surface area contributed by atoms with E-state index in [1.807, 2.05) is 30.3 Å². The van der Waals surface area contributed by atoms with Crippen LogP contribution in [0.4, 0.5) is 0 Å². The SMILES string of the molecule is O=C(/C=C/c1ccccc1)N1CCN(S(=O)(=O)c2cccc(Br)c2)CC1. The Morgan fingerprint density at radius 2 is 1.65 bits per heavy atom. The zero-order valence-electron chi connectivity index (χ0n) is 14.1. The van der Waals surface area contributed by atoms with Gasteiger partial charge in [0, 0.05) is 36.7 Å². The summed E-state index contributed by atoms with van der Waals surface area (Å²) in [5, 5.41) is 0. The standard InChI is InChI=1S/C19H19BrN2O3S/c20-17-7-4-8-18(15-17)26(24,25)22-13-11-21(12-14-22)19(23)10-9-16-5-2-1-3-6-16/h1-10,15H,11-14H2/b10-9+. The van der Waals surface area contributed by atoms with Gasteiger partial charge >= 0.3 is 0 Å². The number of sulfonamides is 1. The summed E-state index contributed by atoms with van der Waals surface area (Å²) < 4.78 is 27.6. The maximum Gasteiger partial charge on any atom is 0.246 e. The molecule has 0 spiro atoms. The van der Waals surface area contributed by atoms with Gasteiger partial charge in [0.2, 0.25) is 15.9 Å². The van der Waals surface area contributed by atoms with Crippen LogP contribution in [0.25, 0.3) is 6.08 Å². The van der Waals surface area contributed by atoms with Crippen LogP contribution in [0.1, 0.15) is 5.56 Å². The molecule has 1 saturated heterocycles. The fourth-order valence-corrected chi connectivity index (χ4v) is 4.78. The van der Waals surface area contributed by atoms with E-state index in [1.165, 1.54) is 10.4 Å². The van der Waals surface area contributed by atoms with Gasteiger partial charge in [0.15, 0.2) is 0 Å². The van der Waals surface area contributed by atoms with Crippen LogP contribution in [0.3, 0.4) is 0 Å². The summed E-state index contributed by atoms with van der Waals surface area (Å²) in [4.78, 5) is 14.2. The van der Waals surface area contributed by atoms with E-state index >= 15 is 0 Å². The lowest BCUT2D eigenvalue weighted by Crippen LogP contribution is -2.50. The van der Waals surface area contributed by atoms with Crippen LogP contribution in [-0.2, 0) is 14.8 Å². The molecule has 0 bridgehead atoms. The first-order valence-electron chi connectivity index (χ1n) is 8.24. The quantitative estimate of drug-likeness (QED) is 0.694. The molecule has 1 aliphatic heterocycles. The Labute approximate surface area is 162 Å². The monoisotopic (exact) mass is 434 g/mol. The second-order valence-corrected chi connectivity index (χ2v) is 8.78. The number of carbonyl (C=O) groups excluding carboxylic acids is 1. The fourth-order valence-electron chi connectivity index (χ4n) is 2.76. The zero-order chi connectivity index (χ0) is 18.6. The molecule has 26 heavy (non-hydrogen) atoms. The molecule has 1 aliphatic rings. The largest absolute Gasteiger partial charge is 0.337 e. The molecule has 0 aromatic heterocycles. The lowest BCUT2D eigenvalue weighted by molar-refractivity contribution is -0.127. The highest BCUT2D eigenvalue weighted by Crippen LogP contribution is 2.21. The normalized spacial score (nSPS) is 16.1. The van der Waals surface area contributed by atoms with E-state index in [-0.39, 0.29) is 10.8 Å². The molecule has 136 valence electrons. The summed E-state index contributed by atoms with van der Waals surface area (Å²) in [5.41, 5.74) is 0.955. The summed E-state index contributed by atoms with van der Waals surface area (Å²) in [6.07, 6.45) is 3.31. The van der Waals surface area contributed by atoms with Crippen molar-refractivity contribution in [1.82, 2.24) is 9.21 Å². The van der Waals surface area contributed by atoms with E-state index in [0.717, 1.165) is 10.0 Å². The summed E-state index contributed by atoms with van der Waals surface area (Å²) in [6, 6.07) is 16.3. The van der Waals surface area contributed by atoms with Crippen molar-refractivity contribution in [2.24, 2.45) is 0 Å². The number of hydrogen-bond acceptors (Lipinski definition) is 3. The minimum absolute atomic E-state index is 0.103. The molecule has 7 heteroatoms. The topological polar surface area (TPSA) is 57.7 Å². The molecule has 0 N–H and O–H groups in total. The highest BCUT2D eigenvalue weighted by atomic mass is 79.9. The number of benzene rings is 2. The van der Waals surface area contributed by atoms with Crippen LogP contribution in [0.15, 0.2) is 70.0 Å². The first kappa shape index (κ1) is 18.8. The number of nitrogens with zero attached hydrogens (tertiary/aromatic N) is 2. The van der Waals surface area contributed by atoms with Gasteiger partial charge in [0.25, 0.3) is 0 Å². The number of carbonyl (C=O) groups is 1. The molecule has 1 heterocycles. The Balaban J connectivity index is 1.62. The van der Waals surface area contributed by atoms with Crippen LogP contribution in [0.5, 0.6) is 0 Å². The smallest absolute Gasteiger partial charge is 0.246 e. The average Bonchev–Trinajstić information content (AvgIpc) is 2.67. The minimum atomic E-state index is -3.54. The van der Waals surface area contributed by atoms with Gasteiger partial charge in [-0.2, -0.15) is 4.31 Å². The van der Waals surface area contributed by atoms with Crippen molar-refractivity contribution in [3.63, 3.8) is 0 Å². The molecule has 1 amide bonds. The van der Waals surface area contributed by atoms with E-state index in [0.29, 0.717) is 26.2 Å². The van der Waals surface area contributed by atoms with Gasteiger partial charge < -0.3 is 4.90 Å². The Morgan fingerprint density at radius 3 is 2.31 bits per heavy atom. The Bertz CT molecular complexity index is 905. The second kappa shape index (κ2) is 8.16. The molecule has 0 radical (unpaired) electrons. The van der Waals surface area contributed by atoms with Crippen molar-refractivity contribution < 1.29 is 13.2 Å². The molecule has 2 aromatic carbocycles. The zero-order valence-corrected chi connectivity index (χ0v) is 16.5. The molecular weight excluding hydrogens is 416 g/mol. The van der Waals surface area contributed by atoms with Gasteiger partial charge in [0.1, 0.15) is 0 Å². The number of amides is 1. The molecule has 2 aromatic rings. The fraction of sp³-hybridized carbons (Fsp3) is 0.211. The highest BCUT2D eigenvalue weighted by molar-refractivity contribution is 9.10. The Kier molecular flexibility index (Phi) is 5.90. The van der Waals surface area contributed by atoms with Crippen LogP contribution >= 0.6 is 15.9 Å². The average molecular weight is 435 g/mol. The van der Waals surface area contributed by atoms with Crippen molar-refractivity contribution in [2.75, 3.05) is 26.2 Å². The number of rotatable bonds is 4. The molecule has 3 rings (SSSR count). The van der Waals surface area contributed by atoms with Crippen molar-refractivity contribution in [3.8, 4) is 0 Å². The predicted octanol–water partition coefficient (Wildman–Crippen LogP) is 3.00. The predicted molar refractivity (Wildman–Crippen MR) is 105 cm³/mol. The molecule has 0 saturated carbocycles. The van der Waals surface area contributed by atoms with Crippen LogP contribution in [0, 0.1) is 0 Å². The highest BCUT2D eigenvalue weighted by Gasteiger charge is 2.29. The van der Waals surface area contributed by atoms with E-state index < -0.39 is 10.0 Å². The molecule has 0 unspecified atom stereocenters. The van der Waals surface area contributed by atoms with Crippen molar-refractivity contribution in [1.29, 1.82) is 0 Å². The van der Waals surface area contributed by atoms with Gasteiger partial charge in [-0.25, -0.2) is 8.42 Å². The number of hydrogen-bond donors (Lipinski definition) is 0. The van der Waals surface area contributed by atoms with E-state index in [9.17, 15) is 13.2 Å². The third kappa shape index (κ3) is 4.41. The second-order valence-electron chi connectivity index (χ2n) is 5.93. The van der Waals surface area contributed by atoms with Gasteiger partial charge in [-0.05, 0) is 29.8 Å². The molecule has 1 fully saturated rings. The van der Waals surface area contributed by atoms with Crippen molar-refractivity contribution in [2.45, 2.75) is 4.90 Å². The third-order valence-electron chi connectivity index (χ3n) is 4.20.